The molecule has 0 spiro atoms. The second-order valence-electron chi connectivity index (χ2n) is 4.94. The summed E-state index contributed by atoms with van der Waals surface area (Å²) in [5, 5.41) is 5.48. The van der Waals surface area contributed by atoms with E-state index in [0.29, 0.717) is 6.54 Å². The summed E-state index contributed by atoms with van der Waals surface area (Å²) < 4.78 is 23.8. The summed E-state index contributed by atoms with van der Waals surface area (Å²) in [6.45, 7) is 0.635. The maximum atomic E-state index is 11.9. The zero-order valence-corrected chi connectivity index (χ0v) is 12.3. The van der Waals surface area contributed by atoms with Gasteiger partial charge in [-0.1, -0.05) is 18.2 Å². The highest BCUT2D eigenvalue weighted by molar-refractivity contribution is 7.89. The average Bonchev–Trinajstić information content (AvgIpc) is 2.93. The molecule has 1 aliphatic rings. The normalized spacial score (nSPS) is 19.9. The molecule has 3 rings (SSSR count). The van der Waals surface area contributed by atoms with Crippen LogP contribution in [0.15, 0.2) is 30.3 Å². The van der Waals surface area contributed by atoms with Crippen LogP contribution in [0.1, 0.15) is 11.3 Å². The molecule has 1 fully saturated rings. The molecule has 5 nitrogen and oxygen atoms in total. The Balaban J connectivity index is 1.79. The Morgan fingerprint density at radius 2 is 2.10 bits per heavy atom. The molecule has 2 N–H and O–H groups in total. The molecule has 2 heterocycles. The van der Waals surface area contributed by atoms with Gasteiger partial charge in [-0.25, -0.2) is 13.6 Å². The number of thiophene rings is 1. The van der Waals surface area contributed by atoms with Crippen LogP contribution in [0.3, 0.4) is 0 Å². The van der Waals surface area contributed by atoms with Crippen LogP contribution in [0.4, 0.5) is 0 Å². The molecule has 1 atom stereocenters. The van der Waals surface area contributed by atoms with Gasteiger partial charge in [0.15, 0.2) is 0 Å². The summed E-state index contributed by atoms with van der Waals surface area (Å²) in [6, 6.07) is 10.0. The molecule has 1 aliphatic heterocycles. The van der Waals surface area contributed by atoms with Gasteiger partial charge in [0, 0.05) is 22.5 Å². The number of carbonyl (C=O) groups is 1. The molecule has 1 aromatic heterocycles. The molecule has 1 aromatic carbocycles. The van der Waals surface area contributed by atoms with E-state index in [4.69, 9.17) is 5.14 Å². The van der Waals surface area contributed by atoms with Gasteiger partial charge in [-0.2, -0.15) is 0 Å². The molecule has 0 saturated carbocycles. The summed E-state index contributed by atoms with van der Waals surface area (Å²) >= 11 is 1.62. The van der Waals surface area contributed by atoms with E-state index in [-0.39, 0.29) is 18.9 Å². The molecule has 1 saturated heterocycles. The molecule has 106 valence electrons. The van der Waals surface area contributed by atoms with Gasteiger partial charge in [-0.3, -0.25) is 4.79 Å². The maximum absolute atomic E-state index is 11.9. The summed E-state index contributed by atoms with van der Waals surface area (Å²) in [5.74, 6) is -0.151. The second kappa shape index (κ2) is 4.83. The van der Waals surface area contributed by atoms with Crippen LogP contribution in [0.2, 0.25) is 0 Å². The lowest BCUT2D eigenvalue weighted by Gasteiger charge is -2.14. The Labute approximate surface area is 121 Å². The van der Waals surface area contributed by atoms with Gasteiger partial charge in [0.1, 0.15) is 5.25 Å². The van der Waals surface area contributed by atoms with Crippen molar-refractivity contribution >= 4 is 37.4 Å². The van der Waals surface area contributed by atoms with Crippen LogP contribution in [0, 0.1) is 0 Å². The number of sulfonamides is 1. The van der Waals surface area contributed by atoms with E-state index in [1.54, 1.807) is 16.2 Å². The van der Waals surface area contributed by atoms with Crippen molar-refractivity contribution in [3.8, 4) is 0 Å². The molecule has 1 unspecified atom stereocenters. The van der Waals surface area contributed by atoms with Gasteiger partial charge in [-0.05, 0) is 17.5 Å². The van der Waals surface area contributed by atoms with Crippen molar-refractivity contribution in [3.63, 3.8) is 0 Å². The first-order chi connectivity index (χ1) is 9.43. The van der Waals surface area contributed by atoms with Crippen molar-refractivity contribution in [2.75, 3.05) is 6.54 Å². The number of amides is 1. The third-order valence-electron chi connectivity index (χ3n) is 3.47. The van der Waals surface area contributed by atoms with Crippen LogP contribution in [0.5, 0.6) is 0 Å². The average molecular weight is 310 g/mol. The Hall–Kier alpha value is -1.44. The lowest BCUT2D eigenvalue weighted by molar-refractivity contribution is -0.128. The Bertz CT molecular complexity index is 734. The third-order valence-corrected chi connectivity index (χ3v) is 5.81. The minimum Gasteiger partial charge on any atom is -0.336 e. The smallest absolute Gasteiger partial charge is 0.224 e. The number of benzene rings is 1. The summed E-state index contributed by atoms with van der Waals surface area (Å²) in [5.41, 5.74) is 0. The van der Waals surface area contributed by atoms with Crippen molar-refractivity contribution in [1.82, 2.24) is 4.90 Å². The van der Waals surface area contributed by atoms with E-state index < -0.39 is 15.3 Å². The highest BCUT2D eigenvalue weighted by Gasteiger charge is 2.36. The topological polar surface area (TPSA) is 80.5 Å². The lowest BCUT2D eigenvalue weighted by atomic mass is 10.2. The molecule has 0 radical (unpaired) electrons. The predicted octanol–water partition coefficient (Wildman–Crippen LogP) is 1.29. The van der Waals surface area contributed by atoms with Crippen molar-refractivity contribution in [2.24, 2.45) is 5.14 Å². The number of nitrogens with zero attached hydrogens (tertiary/aromatic N) is 1. The van der Waals surface area contributed by atoms with Crippen LogP contribution in [-0.4, -0.2) is 31.0 Å². The first-order valence-corrected chi connectivity index (χ1v) is 8.63. The quantitative estimate of drug-likeness (QED) is 0.927. The van der Waals surface area contributed by atoms with E-state index in [1.165, 1.54) is 0 Å². The van der Waals surface area contributed by atoms with Crippen LogP contribution in [-0.2, 0) is 21.4 Å². The van der Waals surface area contributed by atoms with Gasteiger partial charge in [-0.15, -0.1) is 11.3 Å². The minimum absolute atomic E-state index is 0.0102. The number of hydrogen-bond donors (Lipinski definition) is 1. The second-order valence-corrected chi connectivity index (χ2v) is 7.95. The molecule has 0 bridgehead atoms. The van der Waals surface area contributed by atoms with Crippen molar-refractivity contribution in [2.45, 2.75) is 18.2 Å². The van der Waals surface area contributed by atoms with E-state index in [0.717, 1.165) is 15.0 Å². The highest BCUT2D eigenvalue weighted by atomic mass is 32.2. The molecular formula is C13H14N2O3S2. The summed E-state index contributed by atoms with van der Waals surface area (Å²) in [6.07, 6.45) is -0.0102. The number of carbonyl (C=O) groups excluding carboxylic acids is 1. The zero-order valence-electron chi connectivity index (χ0n) is 10.7. The zero-order chi connectivity index (χ0) is 14.3. The maximum Gasteiger partial charge on any atom is 0.224 e. The van der Waals surface area contributed by atoms with Gasteiger partial charge >= 0.3 is 0 Å². The molecule has 1 amide bonds. The largest absolute Gasteiger partial charge is 0.336 e. The van der Waals surface area contributed by atoms with E-state index in [2.05, 4.69) is 0 Å². The highest BCUT2D eigenvalue weighted by Crippen LogP contribution is 2.28. The number of nitrogens with two attached hydrogens (primary N) is 1. The monoisotopic (exact) mass is 310 g/mol. The fourth-order valence-electron chi connectivity index (χ4n) is 2.41. The molecular weight excluding hydrogens is 296 g/mol. The van der Waals surface area contributed by atoms with Gasteiger partial charge in [0.25, 0.3) is 0 Å². The molecule has 20 heavy (non-hydrogen) atoms. The molecule has 0 aliphatic carbocycles. The van der Waals surface area contributed by atoms with E-state index in [9.17, 15) is 13.2 Å². The predicted molar refractivity (Wildman–Crippen MR) is 78.8 cm³/mol. The van der Waals surface area contributed by atoms with Crippen LogP contribution < -0.4 is 5.14 Å². The van der Waals surface area contributed by atoms with Gasteiger partial charge < -0.3 is 4.90 Å². The molecule has 2 aromatic rings. The first-order valence-electron chi connectivity index (χ1n) is 6.20. The Kier molecular flexibility index (Phi) is 3.27. The number of hydrogen-bond acceptors (Lipinski definition) is 4. The first kappa shape index (κ1) is 13.5. The summed E-state index contributed by atoms with van der Waals surface area (Å²) in [4.78, 5) is 14.5. The van der Waals surface area contributed by atoms with E-state index in [1.807, 2.05) is 30.3 Å². The third kappa shape index (κ3) is 2.56. The summed E-state index contributed by atoms with van der Waals surface area (Å²) in [7, 11) is -3.64. The van der Waals surface area contributed by atoms with Gasteiger partial charge in [0.05, 0.1) is 6.54 Å². The minimum atomic E-state index is -3.64. The van der Waals surface area contributed by atoms with Crippen molar-refractivity contribution in [1.29, 1.82) is 0 Å². The Morgan fingerprint density at radius 3 is 2.75 bits per heavy atom. The van der Waals surface area contributed by atoms with Crippen LogP contribution in [0.25, 0.3) is 10.1 Å². The molecule has 7 heteroatoms. The lowest BCUT2D eigenvalue weighted by Crippen LogP contribution is -2.31. The van der Waals surface area contributed by atoms with E-state index >= 15 is 0 Å². The van der Waals surface area contributed by atoms with Crippen molar-refractivity contribution < 1.29 is 13.2 Å². The number of primary sulfonamides is 1. The van der Waals surface area contributed by atoms with Crippen LogP contribution >= 0.6 is 11.3 Å². The Morgan fingerprint density at radius 1 is 1.35 bits per heavy atom. The van der Waals surface area contributed by atoms with Gasteiger partial charge in [0.2, 0.25) is 15.9 Å². The number of fused-ring (bicyclic) bond motifs is 1. The fraction of sp³-hybridized carbons (Fsp3) is 0.308. The standard InChI is InChI=1S/C13H14N2O3S2/c14-20(17,18)11-6-13(16)15(8-11)7-10-5-9-3-1-2-4-12(9)19-10/h1-5,11H,6-8H2,(H2,14,17,18). The number of rotatable bonds is 3. The fourth-order valence-corrected chi connectivity index (χ4v) is 4.25. The van der Waals surface area contributed by atoms with Crippen molar-refractivity contribution in [3.05, 3.63) is 35.2 Å². The SMILES string of the molecule is NS(=O)(=O)C1CC(=O)N(Cc2cc3ccccc3s2)C1. The number of likely N-dealkylation sites (tertiary alicyclic amines) is 1.